The fourth-order valence-corrected chi connectivity index (χ4v) is 1.41. The summed E-state index contributed by atoms with van der Waals surface area (Å²) >= 11 is 0. The van der Waals surface area contributed by atoms with E-state index in [9.17, 15) is 4.79 Å². The van der Waals surface area contributed by atoms with E-state index in [-0.39, 0.29) is 5.91 Å². The molecule has 1 aromatic carbocycles. The molecule has 0 radical (unpaired) electrons. The minimum absolute atomic E-state index is 0.0931. The van der Waals surface area contributed by atoms with Gasteiger partial charge in [-0.25, -0.2) is 0 Å². The second-order valence-electron chi connectivity index (χ2n) is 3.81. The smallest absolute Gasteiger partial charge is 0.221 e. The number of rotatable bonds is 4. The van der Waals surface area contributed by atoms with Crippen molar-refractivity contribution in [3.63, 3.8) is 0 Å². The van der Waals surface area contributed by atoms with E-state index in [4.69, 9.17) is 4.42 Å². The van der Waals surface area contributed by atoms with Crippen LogP contribution in [0.3, 0.4) is 0 Å². The highest BCUT2D eigenvalue weighted by Crippen LogP contribution is 2.07. The second-order valence-corrected chi connectivity index (χ2v) is 3.81. The Morgan fingerprint density at radius 3 is 2.53 bits per heavy atom. The molecule has 0 aliphatic rings. The van der Waals surface area contributed by atoms with Crippen LogP contribution in [-0.4, -0.2) is 18.3 Å². The van der Waals surface area contributed by atoms with Gasteiger partial charge in [0.25, 0.3) is 0 Å². The maximum Gasteiger partial charge on any atom is 0.221 e. The van der Waals surface area contributed by atoms with Gasteiger partial charge in [-0.05, 0) is 29.8 Å². The quantitative estimate of drug-likeness (QED) is 0.674. The Morgan fingerprint density at radius 2 is 1.89 bits per heavy atom. The molecule has 5 nitrogen and oxygen atoms in total. The van der Waals surface area contributed by atoms with E-state index in [2.05, 4.69) is 15.5 Å². The molecule has 0 saturated heterocycles. The Labute approximate surface area is 110 Å². The van der Waals surface area contributed by atoms with Gasteiger partial charge < -0.3 is 9.73 Å². The minimum atomic E-state index is -0.0931. The number of benzene rings is 1. The first-order valence-corrected chi connectivity index (χ1v) is 5.71. The van der Waals surface area contributed by atoms with E-state index in [0.717, 1.165) is 11.3 Å². The lowest BCUT2D eigenvalue weighted by molar-refractivity contribution is -0.114. The van der Waals surface area contributed by atoms with Crippen LogP contribution < -0.4 is 5.32 Å². The van der Waals surface area contributed by atoms with Crippen molar-refractivity contribution in [2.24, 2.45) is 10.2 Å². The van der Waals surface area contributed by atoms with Gasteiger partial charge in [0.05, 0.1) is 18.7 Å². The largest absolute Gasteiger partial charge is 0.463 e. The van der Waals surface area contributed by atoms with Crippen molar-refractivity contribution in [1.29, 1.82) is 0 Å². The first-order valence-electron chi connectivity index (χ1n) is 5.71. The van der Waals surface area contributed by atoms with Gasteiger partial charge >= 0.3 is 0 Å². The molecule has 0 saturated carbocycles. The molecule has 0 bridgehead atoms. The summed E-state index contributed by atoms with van der Waals surface area (Å²) in [4.78, 5) is 10.9. The van der Waals surface area contributed by atoms with Crippen molar-refractivity contribution < 1.29 is 9.21 Å². The summed E-state index contributed by atoms with van der Waals surface area (Å²) in [6, 6.07) is 10.9. The summed E-state index contributed by atoms with van der Waals surface area (Å²) in [5.74, 6) is 0.558. The molecular weight excluding hydrogens is 242 g/mol. The van der Waals surface area contributed by atoms with Crippen LogP contribution in [0.5, 0.6) is 0 Å². The summed E-state index contributed by atoms with van der Waals surface area (Å²) in [5, 5.41) is 10.5. The third-order valence-corrected chi connectivity index (χ3v) is 2.23. The molecule has 0 fully saturated rings. The molecule has 0 unspecified atom stereocenters. The van der Waals surface area contributed by atoms with Gasteiger partial charge in [-0.3, -0.25) is 4.79 Å². The fraction of sp³-hybridized carbons (Fsp3) is 0.0714. The Morgan fingerprint density at radius 1 is 1.16 bits per heavy atom. The Kier molecular flexibility index (Phi) is 4.23. The zero-order valence-electron chi connectivity index (χ0n) is 10.4. The van der Waals surface area contributed by atoms with Crippen molar-refractivity contribution in [1.82, 2.24) is 0 Å². The number of nitrogens with zero attached hydrogens (tertiary/aromatic N) is 2. The molecule has 0 spiro atoms. The van der Waals surface area contributed by atoms with Gasteiger partial charge in [-0.1, -0.05) is 12.1 Å². The fourth-order valence-electron chi connectivity index (χ4n) is 1.41. The molecule has 96 valence electrons. The zero-order valence-corrected chi connectivity index (χ0v) is 10.4. The molecule has 0 aliphatic carbocycles. The van der Waals surface area contributed by atoms with Crippen molar-refractivity contribution in [2.45, 2.75) is 6.92 Å². The standard InChI is InChI=1S/C14H13N3O2/c1-11(18)17-13-6-4-12(5-7-13)9-15-16-10-14-3-2-8-19-14/h2-10H,1H3,(H,17,18)/b15-9+,16-10-. The first kappa shape index (κ1) is 12.8. The molecule has 19 heavy (non-hydrogen) atoms. The molecule has 1 aromatic heterocycles. The number of hydrogen-bond donors (Lipinski definition) is 1. The summed E-state index contributed by atoms with van der Waals surface area (Å²) in [7, 11) is 0. The van der Waals surface area contributed by atoms with Crippen LogP contribution in [0.15, 0.2) is 57.3 Å². The van der Waals surface area contributed by atoms with Crippen LogP contribution in [0.4, 0.5) is 5.69 Å². The maximum atomic E-state index is 10.9. The van der Waals surface area contributed by atoms with E-state index in [1.807, 2.05) is 12.1 Å². The average Bonchev–Trinajstić information content (AvgIpc) is 2.89. The van der Waals surface area contributed by atoms with Crippen molar-refractivity contribution >= 4 is 24.0 Å². The lowest BCUT2D eigenvalue weighted by Crippen LogP contribution is -2.05. The highest BCUT2D eigenvalue weighted by molar-refractivity contribution is 5.89. The topological polar surface area (TPSA) is 67.0 Å². The Bertz CT molecular complexity index is 584. The Balaban J connectivity index is 1.94. The number of hydrogen-bond acceptors (Lipinski definition) is 4. The van der Waals surface area contributed by atoms with Crippen molar-refractivity contribution in [3.8, 4) is 0 Å². The van der Waals surface area contributed by atoms with Gasteiger partial charge in [0.1, 0.15) is 5.76 Å². The molecule has 0 atom stereocenters. The minimum Gasteiger partial charge on any atom is -0.463 e. The molecule has 1 amide bonds. The number of amides is 1. The normalized spacial score (nSPS) is 11.2. The number of carbonyl (C=O) groups excluding carboxylic acids is 1. The van der Waals surface area contributed by atoms with E-state index < -0.39 is 0 Å². The maximum absolute atomic E-state index is 10.9. The van der Waals surface area contributed by atoms with Crippen LogP contribution in [0.1, 0.15) is 18.2 Å². The van der Waals surface area contributed by atoms with Gasteiger partial charge in [-0.15, -0.1) is 0 Å². The lowest BCUT2D eigenvalue weighted by atomic mass is 10.2. The van der Waals surface area contributed by atoms with E-state index in [1.54, 1.807) is 36.7 Å². The summed E-state index contributed by atoms with van der Waals surface area (Å²) in [6.07, 6.45) is 4.73. The summed E-state index contributed by atoms with van der Waals surface area (Å²) in [5.41, 5.74) is 1.65. The molecular formula is C14H13N3O2. The number of carbonyl (C=O) groups is 1. The summed E-state index contributed by atoms with van der Waals surface area (Å²) in [6.45, 7) is 1.47. The second kappa shape index (κ2) is 6.30. The highest BCUT2D eigenvalue weighted by atomic mass is 16.3. The van der Waals surface area contributed by atoms with E-state index in [1.165, 1.54) is 13.1 Å². The zero-order chi connectivity index (χ0) is 13.5. The number of nitrogens with one attached hydrogen (secondary N) is 1. The number of furan rings is 1. The van der Waals surface area contributed by atoms with Crippen LogP contribution in [-0.2, 0) is 4.79 Å². The van der Waals surface area contributed by atoms with Gasteiger partial charge in [0.15, 0.2) is 0 Å². The number of anilines is 1. The molecule has 2 rings (SSSR count). The van der Waals surface area contributed by atoms with Crippen LogP contribution >= 0.6 is 0 Å². The Hall–Kier alpha value is -2.69. The van der Waals surface area contributed by atoms with Crippen LogP contribution in [0, 0.1) is 0 Å². The summed E-state index contributed by atoms with van der Waals surface area (Å²) < 4.78 is 5.08. The molecule has 0 aliphatic heterocycles. The third-order valence-electron chi connectivity index (χ3n) is 2.23. The van der Waals surface area contributed by atoms with Crippen molar-refractivity contribution in [2.75, 3.05) is 5.32 Å². The average molecular weight is 255 g/mol. The lowest BCUT2D eigenvalue weighted by Gasteiger charge is -2.00. The predicted molar refractivity (Wildman–Crippen MR) is 74.6 cm³/mol. The van der Waals surface area contributed by atoms with Crippen LogP contribution in [0.25, 0.3) is 0 Å². The van der Waals surface area contributed by atoms with Crippen molar-refractivity contribution in [3.05, 3.63) is 54.0 Å². The van der Waals surface area contributed by atoms with Gasteiger partial charge in [0, 0.05) is 12.6 Å². The van der Waals surface area contributed by atoms with Crippen LogP contribution in [0.2, 0.25) is 0 Å². The third kappa shape index (κ3) is 4.23. The van der Waals surface area contributed by atoms with E-state index in [0.29, 0.717) is 5.76 Å². The molecule has 1 N–H and O–H groups in total. The van der Waals surface area contributed by atoms with Gasteiger partial charge in [0.2, 0.25) is 5.91 Å². The van der Waals surface area contributed by atoms with E-state index >= 15 is 0 Å². The predicted octanol–water partition coefficient (Wildman–Crippen LogP) is 2.69. The van der Waals surface area contributed by atoms with Gasteiger partial charge in [-0.2, -0.15) is 10.2 Å². The highest BCUT2D eigenvalue weighted by Gasteiger charge is 1.94. The molecule has 5 heteroatoms. The monoisotopic (exact) mass is 255 g/mol. The SMILES string of the molecule is CC(=O)Nc1ccc(/C=N/N=C\c2ccco2)cc1. The first-order chi connectivity index (χ1) is 9.24. The molecule has 2 aromatic rings. The molecule has 1 heterocycles.